The van der Waals surface area contributed by atoms with Crippen LogP contribution in [0.3, 0.4) is 0 Å². The fourth-order valence-electron chi connectivity index (χ4n) is 2.66. The Hall–Kier alpha value is -1.14. The zero-order chi connectivity index (χ0) is 13.7. The van der Waals surface area contributed by atoms with Crippen molar-refractivity contribution in [3.8, 4) is 0 Å². The van der Waals surface area contributed by atoms with Crippen molar-refractivity contribution in [1.29, 1.82) is 0 Å². The van der Waals surface area contributed by atoms with E-state index in [0.29, 0.717) is 0 Å². The molecule has 1 heterocycles. The van der Waals surface area contributed by atoms with Crippen molar-refractivity contribution >= 4 is 11.8 Å². The molecule has 18 heavy (non-hydrogen) atoms. The van der Waals surface area contributed by atoms with Crippen LogP contribution < -0.4 is 16.6 Å². The Labute approximate surface area is 108 Å². The van der Waals surface area contributed by atoms with Gasteiger partial charge < -0.3 is 5.32 Å². The number of piperidine rings is 1. The van der Waals surface area contributed by atoms with E-state index in [1.807, 2.05) is 18.7 Å². The second kappa shape index (κ2) is 6.70. The summed E-state index contributed by atoms with van der Waals surface area (Å²) in [6, 6.07) is -0.578. The van der Waals surface area contributed by atoms with Gasteiger partial charge in [-0.1, -0.05) is 20.3 Å². The molecule has 0 radical (unpaired) electrons. The number of likely N-dealkylation sites (N-methyl/N-ethyl adjacent to an activating group) is 1. The number of likely N-dealkylation sites (tertiary alicyclic amines) is 1. The van der Waals surface area contributed by atoms with Gasteiger partial charge in [0.2, 0.25) is 5.91 Å². The number of hydrogen-bond donors (Lipinski definition) is 3. The van der Waals surface area contributed by atoms with Gasteiger partial charge in [0.25, 0.3) is 5.91 Å². The maximum Gasteiger partial charge on any atom is 0.251 e. The molecule has 1 aliphatic heterocycles. The lowest BCUT2D eigenvalue weighted by Crippen LogP contribution is -2.59. The Balaban J connectivity index is 2.91. The standard InChI is InChI=1S/C12H24N4O2/c1-8(2)10(12(18)15-13)16-7-5-4-6-9(16)11(17)14-3/h8-10H,4-7,13H2,1-3H3,(H,14,17)(H,15,18). The molecule has 0 spiro atoms. The first-order valence-corrected chi connectivity index (χ1v) is 6.50. The quantitative estimate of drug-likeness (QED) is 0.363. The zero-order valence-electron chi connectivity index (χ0n) is 11.4. The normalized spacial score (nSPS) is 22.6. The predicted octanol–water partition coefficient (Wildman–Crippen LogP) is -0.399. The zero-order valence-corrected chi connectivity index (χ0v) is 11.4. The van der Waals surface area contributed by atoms with E-state index in [4.69, 9.17) is 5.84 Å². The lowest BCUT2D eigenvalue weighted by molar-refractivity contribution is -0.135. The summed E-state index contributed by atoms with van der Waals surface area (Å²) in [6.07, 6.45) is 2.82. The second-order valence-electron chi connectivity index (χ2n) is 5.06. The number of hydrogen-bond acceptors (Lipinski definition) is 4. The van der Waals surface area contributed by atoms with Crippen LogP contribution in [0.5, 0.6) is 0 Å². The molecule has 0 aliphatic carbocycles. The SMILES string of the molecule is CNC(=O)C1CCCCN1C(C(=O)NN)C(C)C. The number of hydrazine groups is 1. The topological polar surface area (TPSA) is 87.5 Å². The molecular formula is C12H24N4O2. The van der Waals surface area contributed by atoms with Gasteiger partial charge in [-0.2, -0.15) is 0 Å². The Kier molecular flexibility index (Phi) is 5.55. The highest BCUT2D eigenvalue weighted by Crippen LogP contribution is 2.23. The molecule has 1 aliphatic rings. The summed E-state index contributed by atoms with van der Waals surface area (Å²) in [6.45, 7) is 4.69. The third kappa shape index (κ3) is 3.20. The Bertz CT molecular complexity index is 306. The van der Waals surface area contributed by atoms with Gasteiger partial charge in [-0.15, -0.1) is 0 Å². The molecule has 0 aromatic carbocycles. The molecule has 1 saturated heterocycles. The number of carbonyl (C=O) groups excluding carboxylic acids is 2. The van der Waals surface area contributed by atoms with Gasteiger partial charge in [-0.25, -0.2) is 5.84 Å². The largest absolute Gasteiger partial charge is 0.358 e. The lowest BCUT2D eigenvalue weighted by atomic mass is 9.93. The van der Waals surface area contributed by atoms with Crippen molar-refractivity contribution in [3.63, 3.8) is 0 Å². The van der Waals surface area contributed by atoms with Gasteiger partial charge >= 0.3 is 0 Å². The molecule has 1 rings (SSSR count). The van der Waals surface area contributed by atoms with E-state index in [-0.39, 0.29) is 29.8 Å². The monoisotopic (exact) mass is 256 g/mol. The summed E-state index contributed by atoms with van der Waals surface area (Å²) in [7, 11) is 1.63. The lowest BCUT2D eigenvalue weighted by Gasteiger charge is -2.40. The van der Waals surface area contributed by atoms with E-state index in [0.717, 1.165) is 25.8 Å². The first kappa shape index (κ1) is 14.9. The number of amides is 2. The molecule has 0 bridgehead atoms. The van der Waals surface area contributed by atoms with Crippen molar-refractivity contribution in [3.05, 3.63) is 0 Å². The molecule has 2 atom stereocenters. The maximum absolute atomic E-state index is 11.9. The highest BCUT2D eigenvalue weighted by Gasteiger charge is 2.37. The smallest absolute Gasteiger partial charge is 0.251 e. The average molecular weight is 256 g/mol. The summed E-state index contributed by atoms with van der Waals surface area (Å²) in [5.74, 6) is 5.11. The van der Waals surface area contributed by atoms with Crippen molar-refractivity contribution in [2.24, 2.45) is 11.8 Å². The van der Waals surface area contributed by atoms with Gasteiger partial charge in [0, 0.05) is 7.05 Å². The molecule has 4 N–H and O–H groups in total. The number of nitrogens with zero attached hydrogens (tertiary/aromatic N) is 1. The number of nitrogens with one attached hydrogen (secondary N) is 2. The molecule has 2 unspecified atom stereocenters. The van der Waals surface area contributed by atoms with E-state index in [2.05, 4.69) is 10.7 Å². The molecule has 2 amide bonds. The van der Waals surface area contributed by atoms with E-state index in [1.165, 1.54) is 0 Å². The summed E-state index contributed by atoms with van der Waals surface area (Å²) < 4.78 is 0. The van der Waals surface area contributed by atoms with Crippen LogP contribution in [0, 0.1) is 5.92 Å². The van der Waals surface area contributed by atoms with Gasteiger partial charge in [-0.05, 0) is 25.3 Å². The van der Waals surface area contributed by atoms with Crippen molar-refractivity contribution in [2.75, 3.05) is 13.6 Å². The van der Waals surface area contributed by atoms with Crippen LogP contribution in [-0.4, -0.2) is 42.4 Å². The fourth-order valence-corrected chi connectivity index (χ4v) is 2.66. The first-order chi connectivity index (χ1) is 8.52. The molecule has 0 aromatic heterocycles. The van der Waals surface area contributed by atoms with E-state index in [9.17, 15) is 9.59 Å². The van der Waals surface area contributed by atoms with E-state index < -0.39 is 0 Å². The number of nitrogens with two attached hydrogens (primary N) is 1. The third-order valence-electron chi connectivity index (χ3n) is 3.49. The minimum Gasteiger partial charge on any atom is -0.358 e. The summed E-state index contributed by atoms with van der Waals surface area (Å²) >= 11 is 0. The molecular weight excluding hydrogens is 232 g/mol. The summed E-state index contributed by atoms with van der Waals surface area (Å²) in [5, 5.41) is 2.67. The van der Waals surface area contributed by atoms with Crippen LogP contribution in [-0.2, 0) is 9.59 Å². The molecule has 104 valence electrons. The minimum absolute atomic E-state index is 0.0230. The predicted molar refractivity (Wildman–Crippen MR) is 69.4 cm³/mol. The highest BCUT2D eigenvalue weighted by molar-refractivity contribution is 5.85. The van der Waals surface area contributed by atoms with Crippen LogP contribution in [0.25, 0.3) is 0 Å². The van der Waals surface area contributed by atoms with Gasteiger partial charge in [0.05, 0.1) is 12.1 Å². The summed E-state index contributed by atoms with van der Waals surface area (Å²) in [5.41, 5.74) is 2.21. The third-order valence-corrected chi connectivity index (χ3v) is 3.49. The fraction of sp³-hybridized carbons (Fsp3) is 0.833. The van der Waals surface area contributed by atoms with Gasteiger partial charge in [0.1, 0.15) is 0 Å². The Morgan fingerprint density at radius 3 is 2.50 bits per heavy atom. The van der Waals surface area contributed by atoms with Gasteiger partial charge in [-0.3, -0.25) is 19.9 Å². The molecule has 6 heteroatoms. The van der Waals surface area contributed by atoms with Crippen LogP contribution >= 0.6 is 0 Å². The number of rotatable bonds is 4. The molecule has 0 aromatic rings. The molecule has 6 nitrogen and oxygen atoms in total. The van der Waals surface area contributed by atoms with E-state index >= 15 is 0 Å². The van der Waals surface area contributed by atoms with Crippen LogP contribution in [0.15, 0.2) is 0 Å². The number of carbonyl (C=O) groups is 2. The van der Waals surface area contributed by atoms with E-state index in [1.54, 1.807) is 7.05 Å². The van der Waals surface area contributed by atoms with Crippen LogP contribution in [0.1, 0.15) is 33.1 Å². The second-order valence-corrected chi connectivity index (χ2v) is 5.06. The maximum atomic E-state index is 11.9. The highest BCUT2D eigenvalue weighted by atomic mass is 16.2. The Morgan fingerprint density at radius 1 is 1.33 bits per heavy atom. The van der Waals surface area contributed by atoms with Gasteiger partial charge in [0.15, 0.2) is 0 Å². The van der Waals surface area contributed by atoms with Crippen LogP contribution in [0.4, 0.5) is 0 Å². The average Bonchev–Trinajstić information content (AvgIpc) is 2.38. The van der Waals surface area contributed by atoms with Crippen LogP contribution in [0.2, 0.25) is 0 Å². The first-order valence-electron chi connectivity index (χ1n) is 6.50. The van der Waals surface area contributed by atoms with Crippen molar-refractivity contribution in [2.45, 2.75) is 45.2 Å². The molecule has 1 fully saturated rings. The Morgan fingerprint density at radius 2 is 2.00 bits per heavy atom. The molecule has 0 saturated carbocycles. The summed E-state index contributed by atoms with van der Waals surface area (Å²) in [4.78, 5) is 25.8. The minimum atomic E-state index is -0.349. The van der Waals surface area contributed by atoms with Crippen molar-refractivity contribution in [1.82, 2.24) is 15.6 Å². The van der Waals surface area contributed by atoms with Crippen molar-refractivity contribution < 1.29 is 9.59 Å².